The maximum atomic E-state index is 12.7. The van der Waals surface area contributed by atoms with Crippen molar-refractivity contribution < 1.29 is 8.81 Å². The molecular weight excluding hydrogens is 271 g/mol. The third-order valence-corrected chi connectivity index (χ3v) is 3.17. The third-order valence-electron chi connectivity index (χ3n) is 2.40. The number of aryl methyl sites for hydroxylation is 1. The van der Waals surface area contributed by atoms with Gasteiger partial charge in [0.25, 0.3) is 0 Å². The molecule has 1 heterocycles. The summed E-state index contributed by atoms with van der Waals surface area (Å²) in [6.07, 6.45) is 0.785. The minimum Gasteiger partial charge on any atom is -0.465 e. The van der Waals surface area contributed by atoms with E-state index in [0.717, 1.165) is 23.5 Å². The number of rotatable bonds is 3. The van der Waals surface area contributed by atoms with Gasteiger partial charge >= 0.3 is 0 Å². The van der Waals surface area contributed by atoms with Gasteiger partial charge < -0.3 is 4.42 Å². The van der Waals surface area contributed by atoms with E-state index in [1.165, 1.54) is 12.1 Å². The molecule has 0 aliphatic heterocycles. The zero-order valence-electron chi connectivity index (χ0n) is 8.91. The second-order valence-electron chi connectivity index (χ2n) is 3.75. The number of furan rings is 1. The number of halogens is 2. The Morgan fingerprint density at radius 2 is 1.88 bits per heavy atom. The van der Waals surface area contributed by atoms with Crippen LogP contribution in [0.4, 0.5) is 4.39 Å². The van der Waals surface area contributed by atoms with Crippen LogP contribution < -0.4 is 0 Å². The second kappa shape index (κ2) is 4.83. The smallest absolute Gasteiger partial charge is 0.123 e. The van der Waals surface area contributed by atoms with Crippen molar-refractivity contribution in [1.29, 1.82) is 0 Å². The van der Waals surface area contributed by atoms with E-state index < -0.39 is 0 Å². The van der Waals surface area contributed by atoms with Crippen LogP contribution in [0.2, 0.25) is 0 Å². The first-order chi connectivity index (χ1) is 7.65. The molecule has 0 amide bonds. The van der Waals surface area contributed by atoms with Crippen molar-refractivity contribution in [1.82, 2.24) is 0 Å². The van der Waals surface area contributed by atoms with Gasteiger partial charge in [0.05, 0.1) is 4.83 Å². The van der Waals surface area contributed by atoms with Crippen LogP contribution in [0.1, 0.15) is 21.9 Å². The topological polar surface area (TPSA) is 13.1 Å². The number of alkyl halides is 1. The highest BCUT2D eigenvalue weighted by Crippen LogP contribution is 2.28. The summed E-state index contributed by atoms with van der Waals surface area (Å²) in [5.41, 5.74) is 1.08. The van der Waals surface area contributed by atoms with E-state index in [2.05, 4.69) is 15.9 Å². The van der Waals surface area contributed by atoms with Gasteiger partial charge in [-0.3, -0.25) is 0 Å². The molecule has 2 aromatic rings. The van der Waals surface area contributed by atoms with Gasteiger partial charge in [0, 0.05) is 0 Å². The van der Waals surface area contributed by atoms with Crippen LogP contribution in [-0.4, -0.2) is 0 Å². The Morgan fingerprint density at radius 3 is 2.44 bits per heavy atom. The first kappa shape index (κ1) is 11.4. The molecular formula is C13H12BrFO. The van der Waals surface area contributed by atoms with E-state index in [9.17, 15) is 4.39 Å². The molecule has 0 saturated heterocycles. The first-order valence-electron chi connectivity index (χ1n) is 5.10. The summed E-state index contributed by atoms with van der Waals surface area (Å²) in [5.74, 6) is 1.60. The Kier molecular flexibility index (Phi) is 3.44. The van der Waals surface area contributed by atoms with Crippen LogP contribution in [0, 0.1) is 12.7 Å². The van der Waals surface area contributed by atoms with Gasteiger partial charge in [0.2, 0.25) is 0 Å². The fourth-order valence-corrected chi connectivity index (χ4v) is 2.17. The lowest BCUT2D eigenvalue weighted by molar-refractivity contribution is 0.481. The van der Waals surface area contributed by atoms with Crippen LogP contribution in [0.25, 0.3) is 0 Å². The van der Waals surface area contributed by atoms with Gasteiger partial charge in [-0.15, -0.1) is 0 Å². The Balaban J connectivity index is 2.07. The summed E-state index contributed by atoms with van der Waals surface area (Å²) in [5, 5.41) is 0. The second-order valence-corrected chi connectivity index (χ2v) is 4.85. The average Bonchev–Trinajstić information content (AvgIpc) is 2.68. The Morgan fingerprint density at radius 1 is 1.19 bits per heavy atom. The van der Waals surface area contributed by atoms with Gasteiger partial charge in [0.15, 0.2) is 0 Å². The maximum Gasteiger partial charge on any atom is 0.123 e. The Labute approximate surface area is 102 Å². The van der Waals surface area contributed by atoms with E-state index in [-0.39, 0.29) is 10.6 Å². The molecule has 0 bridgehead atoms. The fraction of sp³-hybridized carbons (Fsp3) is 0.231. The molecule has 0 spiro atoms. The van der Waals surface area contributed by atoms with Crippen LogP contribution in [0.5, 0.6) is 0 Å². The Bertz CT molecular complexity index is 461. The Hall–Kier alpha value is -1.09. The molecule has 0 fully saturated rings. The summed E-state index contributed by atoms with van der Waals surface area (Å²) < 4.78 is 18.2. The standard InChI is InChI=1S/C13H12BrFO/c1-9-2-7-13(16-9)12(14)8-10-3-5-11(15)6-4-10/h2-7,12H,8H2,1H3. The SMILES string of the molecule is Cc1ccc(C(Br)Cc2ccc(F)cc2)o1. The molecule has 2 rings (SSSR count). The summed E-state index contributed by atoms with van der Waals surface area (Å²) in [7, 11) is 0. The largest absolute Gasteiger partial charge is 0.465 e. The monoisotopic (exact) mass is 282 g/mol. The molecule has 1 unspecified atom stereocenters. The van der Waals surface area contributed by atoms with Crippen molar-refractivity contribution in [3.63, 3.8) is 0 Å². The number of benzene rings is 1. The highest BCUT2D eigenvalue weighted by atomic mass is 79.9. The maximum absolute atomic E-state index is 12.7. The minimum atomic E-state index is -0.205. The first-order valence-corrected chi connectivity index (χ1v) is 6.01. The lowest BCUT2D eigenvalue weighted by atomic mass is 10.1. The van der Waals surface area contributed by atoms with E-state index in [4.69, 9.17) is 4.42 Å². The van der Waals surface area contributed by atoms with Gasteiger partial charge in [-0.2, -0.15) is 0 Å². The summed E-state index contributed by atoms with van der Waals surface area (Å²) >= 11 is 3.57. The third kappa shape index (κ3) is 2.73. The predicted octanol–water partition coefficient (Wildman–Crippen LogP) is 4.41. The van der Waals surface area contributed by atoms with Crippen molar-refractivity contribution in [2.75, 3.05) is 0 Å². The van der Waals surface area contributed by atoms with Crippen molar-refractivity contribution in [2.24, 2.45) is 0 Å². The van der Waals surface area contributed by atoms with E-state index in [1.807, 2.05) is 19.1 Å². The molecule has 1 aromatic heterocycles. The van der Waals surface area contributed by atoms with E-state index in [0.29, 0.717) is 0 Å². The van der Waals surface area contributed by atoms with Crippen molar-refractivity contribution in [3.05, 3.63) is 59.3 Å². The van der Waals surface area contributed by atoms with E-state index >= 15 is 0 Å². The van der Waals surface area contributed by atoms with Crippen LogP contribution in [0.15, 0.2) is 40.8 Å². The minimum absolute atomic E-state index is 0.131. The van der Waals surface area contributed by atoms with Gasteiger partial charge in [-0.25, -0.2) is 4.39 Å². The molecule has 0 radical (unpaired) electrons. The van der Waals surface area contributed by atoms with Gasteiger partial charge in [0.1, 0.15) is 17.3 Å². The molecule has 16 heavy (non-hydrogen) atoms. The molecule has 0 saturated carbocycles. The highest BCUT2D eigenvalue weighted by Gasteiger charge is 2.12. The number of hydrogen-bond donors (Lipinski definition) is 0. The molecule has 1 aromatic carbocycles. The molecule has 0 aliphatic carbocycles. The molecule has 0 aliphatic rings. The molecule has 3 heteroatoms. The molecule has 0 N–H and O–H groups in total. The zero-order chi connectivity index (χ0) is 11.5. The normalized spacial score (nSPS) is 12.7. The lowest BCUT2D eigenvalue weighted by Gasteiger charge is -2.06. The van der Waals surface area contributed by atoms with Crippen molar-refractivity contribution in [2.45, 2.75) is 18.2 Å². The molecule has 1 nitrogen and oxygen atoms in total. The summed E-state index contributed by atoms with van der Waals surface area (Å²) in [6.45, 7) is 1.92. The van der Waals surface area contributed by atoms with Crippen molar-refractivity contribution in [3.8, 4) is 0 Å². The fourth-order valence-electron chi connectivity index (χ4n) is 1.55. The van der Waals surface area contributed by atoms with Crippen molar-refractivity contribution >= 4 is 15.9 Å². The predicted molar refractivity (Wildman–Crippen MR) is 65.2 cm³/mol. The van der Waals surface area contributed by atoms with Crippen LogP contribution in [0.3, 0.4) is 0 Å². The molecule has 1 atom stereocenters. The van der Waals surface area contributed by atoms with Crippen LogP contribution in [-0.2, 0) is 6.42 Å². The average molecular weight is 283 g/mol. The quantitative estimate of drug-likeness (QED) is 0.761. The van der Waals surface area contributed by atoms with Gasteiger partial charge in [-0.1, -0.05) is 28.1 Å². The molecule has 84 valence electrons. The number of hydrogen-bond acceptors (Lipinski definition) is 1. The highest BCUT2D eigenvalue weighted by molar-refractivity contribution is 9.09. The summed E-state index contributed by atoms with van der Waals surface area (Å²) in [6, 6.07) is 10.4. The van der Waals surface area contributed by atoms with Gasteiger partial charge in [-0.05, 0) is 43.2 Å². The lowest BCUT2D eigenvalue weighted by Crippen LogP contribution is -1.93. The van der Waals surface area contributed by atoms with E-state index in [1.54, 1.807) is 12.1 Å². The van der Waals surface area contributed by atoms with Crippen LogP contribution >= 0.6 is 15.9 Å². The summed E-state index contributed by atoms with van der Waals surface area (Å²) in [4.78, 5) is 0.131. The zero-order valence-corrected chi connectivity index (χ0v) is 10.5.